The van der Waals surface area contributed by atoms with Crippen molar-refractivity contribution in [1.82, 2.24) is 24.5 Å². The van der Waals surface area contributed by atoms with Gasteiger partial charge in [-0.3, -0.25) is 4.98 Å². The summed E-state index contributed by atoms with van der Waals surface area (Å²) in [4.78, 5) is 14.4. The number of rotatable bonds is 5. The molecule has 7 nitrogen and oxygen atoms in total. The van der Waals surface area contributed by atoms with Crippen molar-refractivity contribution >= 4 is 45.3 Å². The molecule has 0 bridgehead atoms. The Morgan fingerprint density at radius 1 is 0.921 bits per heavy atom. The number of pyridine rings is 1. The second-order valence-corrected chi connectivity index (χ2v) is 9.25. The third-order valence-corrected chi connectivity index (χ3v) is 6.41. The molecule has 5 rings (SSSR count). The number of imidazole rings is 2. The molecule has 2 N–H and O–H groups in total. The van der Waals surface area contributed by atoms with Crippen LogP contribution < -0.4 is 10.1 Å². The summed E-state index contributed by atoms with van der Waals surface area (Å²) in [7, 11) is 1.71. The standard InChI is InChI=1S/C24H15F6IN6O/c1-37-19-5-3-13(38-14-6-7-32-18(10-14)21-33-11-20(36-21)24(28,29)30)9-17(19)35-22(37)34-12-2-4-16(31)15(8-12)23(25,26)27/h2-11H,1H3,(H,33,36)(H,34,35). The highest BCUT2D eigenvalue weighted by Crippen LogP contribution is 2.36. The van der Waals surface area contributed by atoms with E-state index in [0.29, 0.717) is 34.7 Å². The van der Waals surface area contributed by atoms with E-state index in [1.165, 1.54) is 30.5 Å². The van der Waals surface area contributed by atoms with Gasteiger partial charge in [0.25, 0.3) is 0 Å². The predicted molar refractivity (Wildman–Crippen MR) is 135 cm³/mol. The average molecular weight is 644 g/mol. The molecule has 5 aromatic rings. The third-order valence-electron chi connectivity index (χ3n) is 5.47. The molecule has 0 aliphatic carbocycles. The van der Waals surface area contributed by atoms with E-state index in [1.807, 2.05) is 0 Å². The van der Waals surface area contributed by atoms with E-state index in [9.17, 15) is 26.3 Å². The Morgan fingerprint density at radius 2 is 1.68 bits per heavy atom. The number of H-pyrrole nitrogens is 1. The lowest BCUT2D eigenvalue weighted by atomic mass is 10.2. The Bertz CT molecular complexity index is 1640. The van der Waals surface area contributed by atoms with E-state index >= 15 is 0 Å². The van der Waals surface area contributed by atoms with Gasteiger partial charge in [0.05, 0.1) is 22.8 Å². The molecule has 2 aromatic carbocycles. The van der Waals surface area contributed by atoms with Crippen molar-refractivity contribution in [2.75, 3.05) is 5.32 Å². The molecule has 0 atom stereocenters. The zero-order valence-corrected chi connectivity index (χ0v) is 21.3. The lowest BCUT2D eigenvalue weighted by molar-refractivity contribution is -0.141. The van der Waals surface area contributed by atoms with Crippen LogP contribution in [0.2, 0.25) is 0 Å². The van der Waals surface area contributed by atoms with Crippen LogP contribution in [0.1, 0.15) is 11.3 Å². The van der Waals surface area contributed by atoms with Crippen molar-refractivity contribution in [3.63, 3.8) is 0 Å². The molecular formula is C24H15F6IN6O. The lowest BCUT2D eigenvalue weighted by Gasteiger charge is -2.12. The van der Waals surface area contributed by atoms with Crippen LogP contribution in [-0.2, 0) is 19.4 Å². The number of aryl methyl sites for hydroxylation is 1. The lowest BCUT2D eigenvalue weighted by Crippen LogP contribution is -2.08. The molecule has 0 spiro atoms. The molecule has 3 aromatic heterocycles. The van der Waals surface area contributed by atoms with Crippen LogP contribution in [0.15, 0.2) is 60.9 Å². The van der Waals surface area contributed by atoms with Crippen LogP contribution in [0, 0.1) is 3.57 Å². The normalized spacial score (nSPS) is 12.2. The van der Waals surface area contributed by atoms with Gasteiger partial charge in [-0.15, -0.1) is 0 Å². The van der Waals surface area contributed by atoms with Crippen LogP contribution in [0.25, 0.3) is 22.6 Å². The van der Waals surface area contributed by atoms with Crippen LogP contribution in [0.3, 0.4) is 0 Å². The molecule has 0 aliphatic heterocycles. The number of alkyl halides is 6. The third kappa shape index (κ3) is 5.25. The fraction of sp³-hybridized carbons (Fsp3) is 0.125. The smallest absolute Gasteiger partial charge is 0.432 e. The molecular weight excluding hydrogens is 629 g/mol. The van der Waals surface area contributed by atoms with Crippen molar-refractivity contribution in [3.05, 3.63) is 75.8 Å². The van der Waals surface area contributed by atoms with E-state index in [4.69, 9.17) is 4.74 Å². The summed E-state index contributed by atoms with van der Waals surface area (Å²) >= 11 is 1.64. The van der Waals surface area contributed by atoms with E-state index in [-0.39, 0.29) is 20.8 Å². The summed E-state index contributed by atoms with van der Waals surface area (Å²) < 4.78 is 86.1. The molecule has 0 amide bonds. The SMILES string of the molecule is Cn1c(Nc2ccc(I)c(C(F)(F)F)c2)nc2cc(Oc3ccnc(-c4ncc(C(F)(F)F)[nH]4)c3)ccc21. The number of anilines is 2. The van der Waals surface area contributed by atoms with E-state index in [2.05, 4.69) is 25.3 Å². The first-order chi connectivity index (χ1) is 17.9. The second kappa shape index (κ2) is 9.49. The summed E-state index contributed by atoms with van der Waals surface area (Å²) in [5.41, 5.74) is -0.178. The number of halogens is 7. The van der Waals surface area contributed by atoms with E-state index in [0.717, 1.165) is 6.07 Å². The predicted octanol–water partition coefficient (Wildman–Crippen LogP) is 7.54. The fourth-order valence-corrected chi connectivity index (χ4v) is 4.28. The van der Waals surface area contributed by atoms with E-state index < -0.39 is 23.6 Å². The largest absolute Gasteiger partial charge is 0.457 e. The van der Waals surface area contributed by atoms with Gasteiger partial charge in [0.2, 0.25) is 5.95 Å². The molecule has 3 heterocycles. The van der Waals surface area contributed by atoms with Crippen LogP contribution in [-0.4, -0.2) is 24.5 Å². The number of nitrogens with one attached hydrogen (secondary N) is 2. The quantitative estimate of drug-likeness (QED) is 0.153. The van der Waals surface area contributed by atoms with Crippen LogP contribution in [0.4, 0.5) is 38.0 Å². The van der Waals surface area contributed by atoms with Crippen molar-refractivity contribution in [2.45, 2.75) is 12.4 Å². The van der Waals surface area contributed by atoms with Gasteiger partial charge in [-0.25, -0.2) is 9.97 Å². The highest BCUT2D eigenvalue weighted by Gasteiger charge is 2.34. The number of ether oxygens (including phenoxy) is 1. The van der Waals surface area contributed by atoms with Gasteiger partial charge in [0, 0.05) is 34.6 Å². The molecule has 0 fully saturated rings. The van der Waals surface area contributed by atoms with Crippen molar-refractivity contribution < 1.29 is 31.1 Å². The molecule has 196 valence electrons. The Balaban J connectivity index is 1.39. The fourth-order valence-electron chi connectivity index (χ4n) is 3.64. The van der Waals surface area contributed by atoms with Crippen molar-refractivity contribution in [3.8, 4) is 23.0 Å². The van der Waals surface area contributed by atoms with Gasteiger partial charge in [-0.1, -0.05) is 0 Å². The van der Waals surface area contributed by atoms with Gasteiger partial charge < -0.3 is 19.6 Å². The minimum atomic E-state index is -4.56. The number of aromatic amines is 1. The van der Waals surface area contributed by atoms with Crippen molar-refractivity contribution in [1.29, 1.82) is 0 Å². The van der Waals surface area contributed by atoms with Crippen LogP contribution >= 0.6 is 22.6 Å². The Morgan fingerprint density at radius 3 is 2.39 bits per heavy atom. The zero-order chi connectivity index (χ0) is 27.2. The first-order valence-electron chi connectivity index (χ1n) is 10.8. The number of nitrogens with zero attached hydrogens (tertiary/aromatic N) is 4. The summed E-state index contributed by atoms with van der Waals surface area (Å²) in [6.45, 7) is 0. The molecule has 0 saturated carbocycles. The first kappa shape index (κ1) is 25.8. The Hall–Kier alpha value is -3.82. The number of hydrogen-bond donors (Lipinski definition) is 2. The maximum atomic E-state index is 13.3. The Labute approximate surface area is 224 Å². The highest BCUT2D eigenvalue weighted by atomic mass is 127. The first-order valence-corrected chi connectivity index (χ1v) is 11.8. The van der Waals surface area contributed by atoms with Crippen molar-refractivity contribution in [2.24, 2.45) is 7.05 Å². The molecule has 38 heavy (non-hydrogen) atoms. The maximum absolute atomic E-state index is 13.3. The van der Waals surface area contributed by atoms with Crippen LogP contribution in [0.5, 0.6) is 11.5 Å². The minimum absolute atomic E-state index is 0.0667. The minimum Gasteiger partial charge on any atom is -0.457 e. The number of aromatic nitrogens is 5. The number of benzene rings is 2. The number of hydrogen-bond acceptors (Lipinski definition) is 5. The second-order valence-electron chi connectivity index (χ2n) is 8.08. The Kier molecular flexibility index (Phi) is 6.44. The summed E-state index contributed by atoms with van der Waals surface area (Å²) in [6, 6.07) is 11.9. The topological polar surface area (TPSA) is 80.7 Å². The zero-order valence-electron chi connectivity index (χ0n) is 19.1. The molecule has 0 unspecified atom stereocenters. The van der Waals surface area contributed by atoms with Gasteiger partial charge in [-0.05, 0) is 59.0 Å². The van der Waals surface area contributed by atoms with E-state index in [1.54, 1.807) is 52.4 Å². The molecule has 0 radical (unpaired) electrons. The molecule has 0 saturated heterocycles. The average Bonchev–Trinajstić information content (AvgIpc) is 3.46. The molecule has 14 heteroatoms. The van der Waals surface area contributed by atoms with Gasteiger partial charge in [-0.2, -0.15) is 26.3 Å². The monoisotopic (exact) mass is 644 g/mol. The summed E-state index contributed by atoms with van der Waals surface area (Å²) in [5.74, 6) is 0.925. The van der Waals surface area contributed by atoms with Gasteiger partial charge in [0.1, 0.15) is 22.9 Å². The highest BCUT2D eigenvalue weighted by molar-refractivity contribution is 14.1. The van der Waals surface area contributed by atoms with Gasteiger partial charge in [0.15, 0.2) is 5.82 Å². The molecule has 0 aliphatic rings. The van der Waals surface area contributed by atoms with Gasteiger partial charge >= 0.3 is 12.4 Å². The maximum Gasteiger partial charge on any atom is 0.432 e. The number of fused-ring (bicyclic) bond motifs is 1. The summed E-state index contributed by atoms with van der Waals surface area (Å²) in [6.07, 6.45) is -6.99. The summed E-state index contributed by atoms with van der Waals surface area (Å²) in [5, 5.41) is 2.92.